The second-order valence-corrected chi connectivity index (χ2v) is 10.4. The molecule has 0 unspecified atom stereocenters. The molecule has 0 saturated carbocycles. The molecule has 0 N–H and O–H groups in total. The minimum Gasteiger partial charge on any atom is -0.340 e. The van der Waals surface area contributed by atoms with Crippen molar-refractivity contribution in [3.8, 4) is 0 Å². The SMILES string of the molecule is CN(C)[C@@H]1CS(=O)(=O)[C@H]2CN(C(=O)CN3CCc4ccccc4C3)C[C@@H]12. The van der Waals surface area contributed by atoms with E-state index in [0.29, 0.717) is 19.6 Å². The third-order valence-corrected chi connectivity index (χ3v) is 8.48. The number of likely N-dealkylation sites (tertiary alicyclic amines) is 1. The van der Waals surface area contributed by atoms with Crippen LogP contribution in [-0.2, 0) is 27.6 Å². The van der Waals surface area contributed by atoms with Crippen LogP contribution in [0.4, 0.5) is 0 Å². The Morgan fingerprint density at radius 2 is 1.92 bits per heavy atom. The first kappa shape index (κ1) is 17.9. The molecule has 2 saturated heterocycles. The topological polar surface area (TPSA) is 60.9 Å². The van der Waals surface area contributed by atoms with Gasteiger partial charge >= 0.3 is 0 Å². The molecule has 0 bridgehead atoms. The van der Waals surface area contributed by atoms with E-state index in [9.17, 15) is 13.2 Å². The maximum atomic E-state index is 12.8. The Hall–Kier alpha value is -1.44. The van der Waals surface area contributed by atoms with Crippen LogP contribution < -0.4 is 0 Å². The summed E-state index contributed by atoms with van der Waals surface area (Å²) >= 11 is 0. The fourth-order valence-electron chi connectivity index (χ4n) is 4.75. The van der Waals surface area contributed by atoms with Crippen molar-refractivity contribution >= 4 is 15.7 Å². The maximum absolute atomic E-state index is 12.8. The Balaban J connectivity index is 1.41. The van der Waals surface area contributed by atoms with Crippen LogP contribution in [-0.4, -0.2) is 86.3 Å². The summed E-state index contributed by atoms with van der Waals surface area (Å²) in [5, 5.41) is -0.388. The van der Waals surface area contributed by atoms with Gasteiger partial charge in [0.25, 0.3) is 0 Å². The number of carbonyl (C=O) groups is 1. The Labute approximate surface area is 155 Å². The van der Waals surface area contributed by atoms with E-state index in [1.807, 2.05) is 25.1 Å². The largest absolute Gasteiger partial charge is 0.340 e. The van der Waals surface area contributed by atoms with E-state index in [1.54, 1.807) is 4.90 Å². The predicted molar refractivity (Wildman–Crippen MR) is 101 cm³/mol. The number of sulfone groups is 1. The quantitative estimate of drug-likeness (QED) is 0.755. The Kier molecular flexibility index (Phi) is 4.57. The van der Waals surface area contributed by atoms with Gasteiger partial charge in [-0.25, -0.2) is 8.42 Å². The second-order valence-electron chi connectivity index (χ2n) is 8.09. The van der Waals surface area contributed by atoms with E-state index < -0.39 is 9.84 Å². The van der Waals surface area contributed by atoms with E-state index >= 15 is 0 Å². The molecule has 4 rings (SSSR count). The fraction of sp³-hybridized carbons (Fsp3) is 0.632. The Morgan fingerprint density at radius 1 is 1.19 bits per heavy atom. The second kappa shape index (κ2) is 6.62. The average Bonchev–Trinajstić information content (AvgIpc) is 3.14. The summed E-state index contributed by atoms with van der Waals surface area (Å²) in [5.74, 6) is 0.327. The Morgan fingerprint density at radius 3 is 2.65 bits per heavy atom. The van der Waals surface area contributed by atoms with Crippen molar-refractivity contribution in [3.05, 3.63) is 35.4 Å². The van der Waals surface area contributed by atoms with Crippen molar-refractivity contribution in [1.82, 2.24) is 14.7 Å². The third kappa shape index (κ3) is 3.17. The molecule has 26 heavy (non-hydrogen) atoms. The smallest absolute Gasteiger partial charge is 0.236 e. The number of rotatable bonds is 3. The van der Waals surface area contributed by atoms with Crippen LogP contribution in [0.2, 0.25) is 0 Å². The van der Waals surface area contributed by atoms with Crippen molar-refractivity contribution in [3.63, 3.8) is 0 Å². The van der Waals surface area contributed by atoms with Crippen molar-refractivity contribution < 1.29 is 13.2 Å². The molecule has 6 nitrogen and oxygen atoms in total. The highest BCUT2D eigenvalue weighted by Crippen LogP contribution is 2.36. The monoisotopic (exact) mass is 377 g/mol. The zero-order chi connectivity index (χ0) is 18.5. The van der Waals surface area contributed by atoms with Gasteiger partial charge in [0.15, 0.2) is 9.84 Å². The van der Waals surface area contributed by atoms with E-state index in [-0.39, 0.29) is 28.9 Å². The lowest BCUT2D eigenvalue weighted by molar-refractivity contribution is -0.131. The van der Waals surface area contributed by atoms with Gasteiger partial charge in [0.2, 0.25) is 5.91 Å². The van der Waals surface area contributed by atoms with E-state index in [0.717, 1.165) is 19.5 Å². The van der Waals surface area contributed by atoms with Crippen LogP contribution in [0.15, 0.2) is 24.3 Å². The molecule has 1 aromatic rings. The lowest BCUT2D eigenvalue weighted by Crippen LogP contribution is -2.43. The van der Waals surface area contributed by atoms with Crippen LogP contribution in [0.25, 0.3) is 0 Å². The third-order valence-electron chi connectivity index (χ3n) is 6.25. The average molecular weight is 378 g/mol. The number of fused-ring (bicyclic) bond motifs is 2. The molecule has 2 fully saturated rings. The van der Waals surface area contributed by atoms with Gasteiger partial charge < -0.3 is 9.80 Å². The first-order valence-electron chi connectivity index (χ1n) is 9.30. The van der Waals surface area contributed by atoms with Crippen molar-refractivity contribution in [2.45, 2.75) is 24.3 Å². The molecule has 0 aliphatic carbocycles. The number of hydrogen-bond acceptors (Lipinski definition) is 5. The molecule has 3 aliphatic heterocycles. The van der Waals surface area contributed by atoms with Gasteiger partial charge in [-0.1, -0.05) is 24.3 Å². The zero-order valence-electron chi connectivity index (χ0n) is 15.5. The number of carbonyl (C=O) groups excluding carboxylic acids is 1. The van der Waals surface area contributed by atoms with Crippen LogP contribution in [0.1, 0.15) is 11.1 Å². The van der Waals surface area contributed by atoms with Crippen LogP contribution in [0, 0.1) is 5.92 Å². The predicted octanol–water partition coefficient (Wildman–Crippen LogP) is 0.230. The maximum Gasteiger partial charge on any atom is 0.236 e. The van der Waals surface area contributed by atoms with E-state index in [2.05, 4.69) is 23.1 Å². The Bertz CT molecular complexity index is 808. The molecule has 3 aliphatic rings. The number of benzene rings is 1. The van der Waals surface area contributed by atoms with Gasteiger partial charge in [0.05, 0.1) is 17.5 Å². The highest BCUT2D eigenvalue weighted by molar-refractivity contribution is 7.92. The van der Waals surface area contributed by atoms with Gasteiger partial charge in [0.1, 0.15) is 0 Å². The molecule has 142 valence electrons. The molecule has 0 radical (unpaired) electrons. The van der Waals surface area contributed by atoms with Crippen LogP contribution >= 0.6 is 0 Å². The van der Waals surface area contributed by atoms with Crippen molar-refractivity contribution in [2.24, 2.45) is 5.92 Å². The highest BCUT2D eigenvalue weighted by atomic mass is 32.2. The molecule has 1 amide bonds. The molecule has 0 spiro atoms. The van der Waals surface area contributed by atoms with Crippen molar-refractivity contribution in [1.29, 1.82) is 0 Å². The van der Waals surface area contributed by atoms with Crippen LogP contribution in [0.5, 0.6) is 0 Å². The molecule has 1 aromatic carbocycles. The normalized spacial score (nSPS) is 30.4. The molecule has 3 heterocycles. The number of hydrogen-bond donors (Lipinski definition) is 0. The minimum absolute atomic E-state index is 0.0182. The van der Waals surface area contributed by atoms with Crippen molar-refractivity contribution in [2.75, 3.05) is 46.0 Å². The highest BCUT2D eigenvalue weighted by Gasteiger charge is 2.53. The summed E-state index contributed by atoms with van der Waals surface area (Å²) in [6, 6.07) is 8.40. The molecular formula is C19H27N3O3S. The van der Waals surface area contributed by atoms with Gasteiger partial charge in [-0.15, -0.1) is 0 Å². The number of nitrogens with zero attached hydrogens (tertiary/aromatic N) is 3. The first-order valence-corrected chi connectivity index (χ1v) is 11.0. The van der Waals surface area contributed by atoms with E-state index in [1.165, 1.54) is 11.1 Å². The molecule has 3 atom stereocenters. The summed E-state index contributed by atoms with van der Waals surface area (Å²) in [6.45, 7) is 2.97. The number of amides is 1. The van der Waals surface area contributed by atoms with Gasteiger partial charge in [0, 0.05) is 38.1 Å². The standard InChI is InChI=1S/C19H27N3O3S/c1-20(2)17-13-26(24,25)18-11-22(10-16(17)18)19(23)12-21-8-7-14-5-3-4-6-15(14)9-21/h3-6,16-18H,7-13H2,1-2H3/t16-,17+,18-/m0/s1. The summed E-state index contributed by atoms with van der Waals surface area (Å²) in [7, 11) is 0.751. The lowest BCUT2D eigenvalue weighted by atomic mass is 10.00. The first-order chi connectivity index (χ1) is 12.3. The summed E-state index contributed by atoms with van der Waals surface area (Å²) in [6.07, 6.45) is 0.964. The summed E-state index contributed by atoms with van der Waals surface area (Å²) < 4.78 is 25.0. The zero-order valence-corrected chi connectivity index (χ0v) is 16.3. The molecule has 0 aromatic heterocycles. The van der Waals surface area contributed by atoms with Gasteiger partial charge in [-0.05, 0) is 31.6 Å². The molecule has 7 heteroatoms. The molecular weight excluding hydrogens is 350 g/mol. The minimum atomic E-state index is -3.11. The summed E-state index contributed by atoms with van der Waals surface area (Å²) in [5.41, 5.74) is 2.66. The lowest BCUT2D eigenvalue weighted by Gasteiger charge is -2.30. The van der Waals surface area contributed by atoms with E-state index in [4.69, 9.17) is 0 Å². The van der Waals surface area contributed by atoms with Gasteiger partial charge in [-0.2, -0.15) is 0 Å². The van der Waals surface area contributed by atoms with Crippen LogP contribution in [0.3, 0.4) is 0 Å². The summed E-state index contributed by atoms with van der Waals surface area (Å²) in [4.78, 5) is 18.8. The van der Waals surface area contributed by atoms with Gasteiger partial charge in [-0.3, -0.25) is 9.69 Å². The fourth-order valence-corrected chi connectivity index (χ4v) is 7.23.